The van der Waals surface area contributed by atoms with Gasteiger partial charge in [-0.2, -0.15) is 4.98 Å². The van der Waals surface area contributed by atoms with E-state index in [0.717, 1.165) is 61.7 Å². The molecule has 6 nitrogen and oxygen atoms in total. The monoisotopic (exact) mass is 490 g/mol. The molecule has 192 valence electrons. The second-order valence-electron chi connectivity index (χ2n) is 9.36. The van der Waals surface area contributed by atoms with Crippen molar-refractivity contribution in [1.82, 2.24) is 4.98 Å². The molecule has 3 aromatic rings. The Balaban J connectivity index is 1.47. The number of hydrogen-bond acceptors (Lipinski definition) is 6. The van der Waals surface area contributed by atoms with Crippen molar-refractivity contribution >= 4 is 5.82 Å². The molecule has 36 heavy (non-hydrogen) atoms. The van der Waals surface area contributed by atoms with Crippen molar-refractivity contribution < 1.29 is 18.9 Å². The largest absolute Gasteiger partial charge is 0.497 e. The lowest BCUT2D eigenvalue weighted by molar-refractivity contribution is -0.0119. The molecule has 0 radical (unpaired) electrons. The Morgan fingerprint density at radius 1 is 0.917 bits per heavy atom. The molecule has 1 aliphatic rings. The summed E-state index contributed by atoms with van der Waals surface area (Å²) in [4.78, 5) is 6.91. The highest BCUT2D eigenvalue weighted by Gasteiger charge is 2.16. The summed E-state index contributed by atoms with van der Waals surface area (Å²) in [6.45, 7) is 4.69. The summed E-state index contributed by atoms with van der Waals surface area (Å²) in [6, 6.07) is 20.6. The van der Waals surface area contributed by atoms with Crippen LogP contribution in [0.25, 0.3) is 0 Å². The van der Waals surface area contributed by atoms with E-state index in [1.54, 1.807) is 7.11 Å². The molecule has 0 saturated carbocycles. The Hall–Kier alpha value is -3.25. The van der Waals surface area contributed by atoms with Gasteiger partial charge in [-0.25, -0.2) is 0 Å². The number of rotatable bonds is 12. The number of benzene rings is 2. The Morgan fingerprint density at radius 3 is 2.36 bits per heavy atom. The Labute approximate surface area is 215 Å². The van der Waals surface area contributed by atoms with E-state index in [-0.39, 0.29) is 6.10 Å². The van der Waals surface area contributed by atoms with Crippen LogP contribution in [0.1, 0.15) is 49.3 Å². The van der Waals surface area contributed by atoms with Gasteiger partial charge in [0.05, 0.1) is 13.2 Å². The van der Waals surface area contributed by atoms with Crippen molar-refractivity contribution in [3.8, 4) is 17.4 Å². The lowest BCUT2D eigenvalue weighted by atomic mass is 10.1. The van der Waals surface area contributed by atoms with Crippen molar-refractivity contribution in [2.75, 3.05) is 32.3 Å². The van der Waals surface area contributed by atoms with E-state index in [1.165, 1.54) is 17.5 Å². The molecule has 2 aromatic carbocycles. The summed E-state index contributed by atoms with van der Waals surface area (Å²) in [7, 11) is 3.71. The third-order valence-electron chi connectivity index (χ3n) is 6.39. The minimum Gasteiger partial charge on any atom is -0.497 e. The van der Waals surface area contributed by atoms with E-state index >= 15 is 0 Å². The van der Waals surface area contributed by atoms with Gasteiger partial charge in [0, 0.05) is 32.3 Å². The van der Waals surface area contributed by atoms with Crippen LogP contribution in [0, 0.1) is 0 Å². The van der Waals surface area contributed by atoms with E-state index in [4.69, 9.17) is 23.9 Å². The third kappa shape index (κ3) is 7.62. The molecule has 0 N–H and O–H groups in total. The molecule has 0 spiro atoms. The minimum atomic E-state index is 0.118. The van der Waals surface area contributed by atoms with Crippen LogP contribution >= 0.6 is 0 Å². The highest BCUT2D eigenvalue weighted by molar-refractivity contribution is 5.47. The van der Waals surface area contributed by atoms with Crippen LogP contribution < -0.4 is 19.1 Å². The quantitative estimate of drug-likeness (QED) is 0.301. The summed E-state index contributed by atoms with van der Waals surface area (Å²) >= 11 is 0. The average molecular weight is 491 g/mol. The van der Waals surface area contributed by atoms with Crippen molar-refractivity contribution in [2.45, 2.75) is 58.3 Å². The van der Waals surface area contributed by atoms with Gasteiger partial charge in [-0.3, -0.25) is 0 Å². The Bertz CT molecular complexity index is 1060. The van der Waals surface area contributed by atoms with Crippen molar-refractivity contribution in [3.05, 3.63) is 77.4 Å². The van der Waals surface area contributed by atoms with Gasteiger partial charge >= 0.3 is 0 Å². The molecule has 1 saturated heterocycles. The van der Waals surface area contributed by atoms with E-state index in [9.17, 15) is 0 Å². The summed E-state index contributed by atoms with van der Waals surface area (Å²) < 4.78 is 23.3. The molecule has 1 fully saturated rings. The van der Waals surface area contributed by atoms with Gasteiger partial charge in [0.25, 0.3) is 0 Å². The lowest BCUT2D eigenvalue weighted by Crippen LogP contribution is -2.26. The van der Waals surface area contributed by atoms with Crippen LogP contribution in [0.5, 0.6) is 17.4 Å². The number of aryl methyl sites for hydroxylation is 1. The first-order chi connectivity index (χ1) is 17.6. The Morgan fingerprint density at radius 2 is 1.67 bits per heavy atom. The molecular formula is C30H38N2O4. The molecule has 1 atom stereocenters. The van der Waals surface area contributed by atoms with Gasteiger partial charge in [0.15, 0.2) is 0 Å². The number of pyridine rings is 1. The zero-order valence-electron chi connectivity index (χ0n) is 21.7. The van der Waals surface area contributed by atoms with Gasteiger partial charge < -0.3 is 23.8 Å². The van der Waals surface area contributed by atoms with Crippen LogP contribution in [0.4, 0.5) is 5.82 Å². The third-order valence-corrected chi connectivity index (χ3v) is 6.39. The number of ether oxygens (including phenoxy) is 4. The zero-order valence-corrected chi connectivity index (χ0v) is 21.7. The highest BCUT2D eigenvalue weighted by atomic mass is 16.5. The number of aromatic nitrogens is 1. The number of methoxy groups -OCH3 is 1. The van der Waals surface area contributed by atoms with Gasteiger partial charge in [0.2, 0.25) is 5.88 Å². The van der Waals surface area contributed by atoms with Crippen LogP contribution in [0.15, 0.2) is 60.7 Å². The normalized spacial score (nSPS) is 15.4. The molecule has 4 rings (SSSR count). The zero-order chi connectivity index (χ0) is 25.2. The van der Waals surface area contributed by atoms with E-state index in [2.05, 4.69) is 36.1 Å². The molecule has 0 aliphatic carbocycles. The van der Waals surface area contributed by atoms with Crippen molar-refractivity contribution in [2.24, 2.45) is 0 Å². The standard InChI is InChI=1S/C30H38N2O4/c1-4-7-23-9-11-24(12-10-23)20-32(2)29-18-28(35-21-25-13-15-26(33-3)16-14-25)19-30(31-29)36-22-27-8-5-6-17-34-27/h9-16,18-19,27H,4-8,17,20-22H2,1-3H3. The predicted molar refractivity (Wildman–Crippen MR) is 143 cm³/mol. The fraction of sp³-hybridized carbons (Fsp3) is 0.433. The van der Waals surface area contributed by atoms with Crippen molar-refractivity contribution in [3.63, 3.8) is 0 Å². The van der Waals surface area contributed by atoms with Gasteiger partial charge in [-0.05, 0) is 54.5 Å². The summed E-state index contributed by atoms with van der Waals surface area (Å²) in [5.74, 6) is 2.91. The number of nitrogens with zero attached hydrogens (tertiary/aromatic N) is 2. The first kappa shape index (κ1) is 25.8. The van der Waals surface area contributed by atoms with E-state index < -0.39 is 0 Å². The number of anilines is 1. The van der Waals surface area contributed by atoms with Gasteiger partial charge in [0.1, 0.15) is 30.5 Å². The molecule has 0 amide bonds. The smallest absolute Gasteiger partial charge is 0.219 e. The summed E-state index contributed by atoms with van der Waals surface area (Å²) in [5.41, 5.74) is 3.67. The van der Waals surface area contributed by atoms with Crippen molar-refractivity contribution in [1.29, 1.82) is 0 Å². The van der Waals surface area contributed by atoms with Crippen LogP contribution in [-0.4, -0.2) is 38.5 Å². The van der Waals surface area contributed by atoms with Crippen LogP contribution in [0.3, 0.4) is 0 Å². The number of hydrogen-bond donors (Lipinski definition) is 0. The molecular weight excluding hydrogens is 452 g/mol. The predicted octanol–water partition coefficient (Wildman–Crippen LogP) is 6.21. The van der Waals surface area contributed by atoms with Crippen LogP contribution in [-0.2, 0) is 24.3 Å². The second-order valence-corrected chi connectivity index (χ2v) is 9.36. The van der Waals surface area contributed by atoms with Gasteiger partial charge in [-0.1, -0.05) is 49.7 Å². The molecule has 0 bridgehead atoms. The topological polar surface area (TPSA) is 53.1 Å². The maximum absolute atomic E-state index is 6.16. The summed E-state index contributed by atoms with van der Waals surface area (Å²) in [5, 5.41) is 0. The second kappa shape index (κ2) is 13.2. The SMILES string of the molecule is CCCc1ccc(CN(C)c2cc(OCc3ccc(OC)cc3)cc(OCC3CCCCO3)n2)cc1. The molecule has 1 aliphatic heterocycles. The minimum absolute atomic E-state index is 0.118. The summed E-state index contributed by atoms with van der Waals surface area (Å²) in [6.07, 6.45) is 5.70. The lowest BCUT2D eigenvalue weighted by Gasteiger charge is -2.23. The first-order valence-corrected chi connectivity index (χ1v) is 12.9. The molecule has 2 heterocycles. The fourth-order valence-electron chi connectivity index (χ4n) is 4.28. The van der Waals surface area contributed by atoms with Crippen LogP contribution in [0.2, 0.25) is 0 Å². The molecule has 1 aromatic heterocycles. The Kier molecular flexibility index (Phi) is 9.45. The molecule has 1 unspecified atom stereocenters. The maximum atomic E-state index is 6.16. The first-order valence-electron chi connectivity index (χ1n) is 12.9. The van der Waals surface area contributed by atoms with E-state index in [0.29, 0.717) is 19.1 Å². The van der Waals surface area contributed by atoms with E-state index in [1.807, 2.05) is 43.4 Å². The molecule has 6 heteroatoms. The van der Waals surface area contributed by atoms with Gasteiger partial charge in [-0.15, -0.1) is 0 Å². The fourth-order valence-corrected chi connectivity index (χ4v) is 4.28. The highest BCUT2D eigenvalue weighted by Crippen LogP contribution is 2.27. The average Bonchev–Trinajstić information content (AvgIpc) is 2.93. The maximum Gasteiger partial charge on any atom is 0.219 e.